The molecular formula is C15H15NO2. The van der Waals surface area contributed by atoms with E-state index in [4.69, 9.17) is 0 Å². The summed E-state index contributed by atoms with van der Waals surface area (Å²) in [6.07, 6.45) is 0.950. The normalized spacial score (nSPS) is 10.5. The molecule has 0 spiro atoms. The van der Waals surface area contributed by atoms with E-state index in [1.807, 2.05) is 60.7 Å². The van der Waals surface area contributed by atoms with Gasteiger partial charge < -0.3 is 0 Å². The van der Waals surface area contributed by atoms with E-state index in [1.165, 1.54) is 0 Å². The largest absolute Gasteiger partial charge is 0.264 e. The minimum absolute atomic E-state index is 0.181. The predicted octanol–water partition coefficient (Wildman–Crippen LogP) is 3.12. The second-order valence-electron chi connectivity index (χ2n) is 4.32. The number of nitrogens with zero attached hydrogens (tertiary/aromatic N) is 1. The minimum atomic E-state index is -0.560. The molecule has 92 valence electrons. The van der Waals surface area contributed by atoms with Crippen LogP contribution in [0.2, 0.25) is 0 Å². The van der Waals surface area contributed by atoms with Crippen molar-refractivity contribution in [1.29, 1.82) is 0 Å². The zero-order valence-corrected chi connectivity index (χ0v) is 10.0. The smallest absolute Gasteiger partial charge is 0.221 e. The number of rotatable bonds is 5. The Morgan fingerprint density at radius 2 is 1.22 bits per heavy atom. The summed E-state index contributed by atoms with van der Waals surface area (Å²) in [5.74, 6) is 0. The number of nitro groups is 1. The third-order valence-corrected chi connectivity index (χ3v) is 2.93. The summed E-state index contributed by atoms with van der Waals surface area (Å²) in [4.78, 5) is 10.9. The molecule has 2 aromatic rings. The summed E-state index contributed by atoms with van der Waals surface area (Å²) in [5, 5.41) is 11.1. The van der Waals surface area contributed by atoms with E-state index in [1.54, 1.807) is 0 Å². The van der Waals surface area contributed by atoms with Crippen LogP contribution >= 0.6 is 0 Å². The van der Waals surface area contributed by atoms with Gasteiger partial charge in [-0.3, -0.25) is 10.1 Å². The summed E-state index contributed by atoms with van der Waals surface area (Å²) in [5.41, 5.74) is 2.02. The van der Waals surface area contributed by atoms with Crippen molar-refractivity contribution in [2.45, 2.75) is 18.9 Å². The molecule has 2 aromatic carbocycles. The topological polar surface area (TPSA) is 43.1 Å². The number of hydrogen-bond donors (Lipinski definition) is 0. The van der Waals surface area contributed by atoms with E-state index in [2.05, 4.69) is 0 Å². The van der Waals surface area contributed by atoms with Gasteiger partial charge in [0.2, 0.25) is 6.04 Å². The molecule has 0 amide bonds. The van der Waals surface area contributed by atoms with Crippen molar-refractivity contribution in [3.8, 4) is 0 Å². The van der Waals surface area contributed by atoms with Crippen LogP contribution in [0.15, 0.2) is 60.7 Å². The molecule has 18 heavy (non-hydrogen) atoms. The lowest BCUT2D eigenvalue weighted by molar-refractivity contribution is -0.521. The van der Waals surface area contributed by atoms with Gasteiger partial charge in [-0.2, -0.15) is 0 Å². The van der Waals surface area contributed by atoms with E-state index >= 15 is 0 Å². The van der Waals surface area contributed by atoms with Gasteiger partial charge in [0.1, 0.15) is 0 Å². The lowest BCUT2D eigenvalue weighted by atomic mass is 10.00. The molecule has 2 rings (SSSR count). The van der Waals surface area contributed by atoms with Gasteiger partial charge in [-0.15, -0.1) is 0 Å². The summed E-state index contributed by atoms with van der Waals surface area (Å²) in [7, 11) is 0. The standard InChI is InChI=1S/C15H15NO2/c17-16(18)15(11-13-7-3-1-4-8-13)12-14-9-5-2-6-10-14/h1-10,15H,11-12H2. The van der Waals surface area contributed by atoms with Crippen molar-refractivity contribution in [3.05, 3.63) is 81.9 Å². The van der Waals surface area contributed by atoms with Gasteiger partial charge in [-0.05, 0) is 11.1 Å². The van der Waals surface area contributed by atoms with E-state index < -0.39 is 6.04 Å². The van der Waals surface area contributed by atoms with E-state index in [9.17, 15) is 10.1 Å². The first kappa shape index (κ1) is 12.3. The maximum absolute atomic E-state index is 11.1. The third-order valence-electron chi connectivity index (χ3n) is 2.93. The fourth-order valence-electron chi connectivity index (χ4n) is 1.99. The Bertz CT molecular complexity index is 455. The van der Waals surface area contributed by atoms with Gasteiger partial charge >= 0.3 is 0 Å². The molecule has 3 nitrogen and oxygen atoms in total. The maximum atomic E-state index is 11.1. The molecule has 0 aliphatic carbocycles. The van der Waals surface area contributed by atoms with Crippen molar-refractivity contribution in [2.75, 3.05) is 0 Å². The first-order valence-electron chi connectivity index (χ1n) is 5.97. The van der Waals surface area contributed by atoms with Crippen LogP contribution in [0.5, 0.6) is 0 Å². The molecule has 0 heterocycles. The number of hydrogen-bond acceptors (Lipinski definition) is 2. The predicted molar refractivity (Wildman–Crippen MR) is 71.1 cm³/mol. The van der Waals surface area contributed by atoms with Crippen LogP contribution in [0.3, 0.4) is 0 Å². The first-order valence-corrected chi connectivity index (χ1v) is 5.97. The van der Waals surface area contributed by atoms with Crippen LogP contribution in [0.4, 0.5) is 0 Å². The van der Waals surface area contributed by atoms with E-state index in [0.717, 1.165) is 11.1 Å². The molecule has 0 fully saturated rings. The van der Waals surface area contributed by atoms with Crippen molar-refractivity contribution in [3.63, 3.8) is 0 Å². The minimum Gasteiger partial charge on any atom is -0.264 e. The molecule has 0 unspecified atom stereocenters. The molecular weight excluding hydrogens is 226 g/mol. The second-order valence-corrected chi connectivity index (χ2v) is 4.32. The monoisotopic (exact) mass is 241 g/mol. The fraction of sp³-hybridized carbons (Fsp3) is 0.200. The summed E-state index contributed by atoms with van der Waals surface area (Å²) in [6, 6.07) is 18.7. The van der Waals surface area contributed by atoms with Crippen LogP contribution in [-0.4, -0.2) is 11.0 Å². The Hall–Kier alpha value is -2.16. The van der Waals surface area contributed by atoms with Gasteiger partial charge in [0.25, 0.3) is 0 Å². The third kappa shape index (κ3) is 3.42. The van der Waals surface area contributed by atoms with Gasteiger partial charge in [0.05, 0.1) is 0 Å². The molecule has 0 radical (unpaired) electrons. The average Bonchev–Trinajstić information content (AvgIpc) is 2.40. The Balaban J connectivity index is 2.08. The van der Waals surface area contributed by atoms with Crippen molar-refractivity contribution < 1.29 is 4.92 Å². The Kier molecular flexibility index (Phi) is 4.07. The van der Waals surface area contributed by atoms with Gasteiger partial charge in [-0.25, -0.2) is 0 Å². The Morgan fingerprint density at radius 3 is 1.56 bits per heavy atom. The molecule has 0 atom stereocenters. The summed E-state index contributed by atoms with van der Waals surface area (Å²) in [6.45, 7) is 0. The van der Waals surface area contributed by atoms with Gasteiger partial charge in [0, 0.05) is 17.8 Å². The SMILES string of the molecule is O=[N+]([O-])C(Cc1ccccc1)Cc1ccccc1. The molecule has 0 saturated carbocycles. The van der Waals surface area contributed by atoms with Crippen LogP contribution in [0, 0.1) is 10.1 Å². The molecule has 0 bridgehead atoms. The van der Waals surface area contributed by atoms with Crippen LogP contribution < -0.4 is 0 Å². The highest BCUT2D eigenvalue weighted by Crippen LogP contribution is 2.11. The molecule has 0 aliphatic heterocycles. The Morgan fingerprint density at radius 1 is 0.833 bits per heavy atom. The number of benzene rings is 2. The quantitative estimate of drug-likeness (QED) is 0.596. The zero-order chi connectivity index (χ0) is 12.8. The zero-order valence-electron chi connectivity index (χ0n) is 10.0. The lowest BCUT2D eigenvalue weighted by Gasteiger charge is -2.09. The van der Waals surface area contributed by atoms with Crippen molar-refractivity contribution in [1.82, 2.24) is 0 Å². The summed E-state index contributed by atoms with van der Waals surface area (Å²) >= 11 is 0. The highest BCUT2D eigenvalue weighted by atomic mass is 16.6. The van der Waals surface area contributed by atoms with Crippen LogP contribution in [0.1, 0.15) is 11.1 Å². The van der Waals surface area contributed by atoms with Gasteiger partial charge in [-0.1, -0.05) is 60.7 Å². The maximum Gasteiger partial charge on any atom is 0.221 e. The van der Waals surface area contributed by atoms with Crippen molar-refractivity contribution in [2.24, 2.45) is 0 Å². The Labute approximate surface area is 106 Å². The average molecular weight is 241 g/mol. The fourth-order valence-corrected chi connectivity index (χ4v) is 1.99. The van der Waals surface area contributed by atoms with Crippen molar-refractivity contribution >= 4 is 0 Å². The molecule has 0 aliphatic rings. The first-order chi connectivity index (χ1) is 8.75. The van der Waals surface area contributed by atoms with E-state index in [-0.39, 0.29) is 4.92 Å². The van der Waals surface area contributed by atoms with Crippen LogP contribution in [0.25, 0.3) is 0 Å². The highest BCUT2D eigenvalue weighted by molar-refractivity contribution is 5.18. The molecule has 3 heteroatoms. The molecule has 0 saturated heterocycles. The molecule has 0 aromatic heterocycles. The summed E-state index contributed by atoms with van der Waals surface area (Å²) < 4.78 is 0. The van der Waals surface area contributed by atoms with Gasteiger partial charge in [0.15, 0.2) is 0 Å². The highest BCUT2D eigenvalue weighted by Gasteiger charge is 2.20. The second kappa shape index (κ2) is 5.96. The van der Waals surface area contributed by atoms with Crippen LogP contribution in [-0.2, 0) is 12.8 Å². The van der Waals surface area contributed by atoms with E-state index in [0.29, 0.717) is 12.8 Å². The lowest BCUT2D eigenvalue weighted by Crippen LogP contribution is -2.24. The molecule has 0 N–H and O–H groups in total.